The van der Waals surface area contributed by atoms with Crippen molar-refractivity contribution in [3.63, 3.8) is 0 Å². The van der Waals surface area contributed by atoms with Crippen molar-refractivity contribution in [1.29, 1.82) is 0 Å². The Bertz CT molecular complexity index is 759. The van der Waals surface area contributed by atoms with E-state index in [9.17, 15) is 14.7 Å². The molecule has 0 radical (unpaired) electrons. The molecule has 1 saturated heterocycles. The fraction of sp³-hybridized carbons (Fsp3) is 0.400. The van der Waals surface area contributed by atoms with E-state index in [0.29, 0.717) is 33.5 Å². The van der Waals surface area contributed by atoms with E-state index in [2.05, 4.69) is 10.3 Å². The van der Waals surface area contributed by atoms with Crippen molar-refractivity contribution < 1.29 is 19.1 Å². The molecule has 0 saturated carbocycles. The summed E-state index contributed by atoms with van der Waals surface area (Å²) in [6, 6.07) is 3.64. The number of aliphatic carboxylic acids is 1. The molecule has 1 unspecified atom stereocenters. The number of thiazole rings is 1. The van der Waals surface area contributed by atoms with Crippen molar-refractivity contribution in [1.82, 2.24) is 10.3 Å². The summed E-state index contributed by atoms with van der Waals surface area (Å²) in [5.74, 6) is 1.12. The molecule has 3 heterocycles. The zero-order valence-corrected chi connectivity index (χ0v) is 14.3. The molecule has 0 spiro atoms. The van der Waals surface area contributed by atoms with Gasteiger partial charge in [0.05, 0.1) is 5.69 Å². The number of nitrogens with zero attached hydrogens (tertiary/aromatic N) is 1. The molecule has 0 aliphatic carbocycles. The summed E-state index contributed by atoms with van der Waals surface area (Å²) in [6.07, 6.45) is 0.431. The minimum Gasteiger partial charge on any atom is -0.479 e. The smallest absolute Gasteiger partial charge is 0.330 e. The Morgan fingerprint density at radius 2 is 2.17 bits per heavy atom. The molecule has 0 aromatic carbocycles. The average Bonchev–Trinajstić information content (AvgIpc) is 3.19. The second-order valence-corrected chi connectivity index (χ2v) is 7.59. The zero-order valence-electron chi connectivity index (χ0n) is 12.7. The maximum Gasteiger partial charge on any atom is 0.330 e. The summed E-state index contributed by atoms with van der Waals surface area (Å²) in [5.41, 5.74) is -0.609. The lowest BCUT2D eigenvalue weighted by atomic mass is 9.99. The molecule has 8 heteroatoms. The number of aryl methyl sites for hydroxylation is 2. The number of hydrogen-bond acceptors (Lipinski definition) is 6. The van der Waals surface area contributed by atoms with E-state index < -0.39 is 11.5 Å². The number of rotatable bonds is 4. The van der Waals surface area contributed by atoms with Crippen molar-refractivity contribution in [2.24, 2.45) is 0 Å². The van der Waals surface area contributed by atoms with Gasteiger partial charge in [0.1, 0.15) is 16.2 Å². The summed E-state index contributed by atoms with van der Waals surface area (Å²) >= 11 is 2.74. The number of aromatic nitrogens is 1. The Hall–Kier alpha value is -1.80. The van der Waals surface area contributed by atoms with Gasteiger partial charge in [0.25, 0.3) is 5.91 Å². The topological polar surface area (TPSA) is 92.4 Å². The van der Waals surface area contributed by atoms with Crippen molar-refractivity contribution in [3.05, 3.63) is 28.5 Å². The van der Waals surface area contributed by atoms with E-state index in [0.717, 1.165) is 11.5 Å². The second-order valence-electron chi connectivity index (χ2n) is 5.49. The van der Waals surface area contributed by atoms with E-state index >= 15 is 0 Å². The maximum absolute atomic E-state index is 12.5. The molecule has 6 nitrogen and oxygen atoms in total. The molecule has 1 aliphatic rings. The van der Waals surface area contributed by atoms with Gasteiger partial charge >= 0.3 is 5.97 Å². The number of nitrogens with one attached hydrogen (secondary N) is 1. The predicted molar refractivity (Wildman–Crippen MR) is 89.1 cm³/mol. The predicted octanol–water partition coefficient (Wildman–Crippen LogP) is 2.71. The zero-order chi connectivity index (χ0) is 16.6. The van der Waals surface area contributed by atoms with Crippen LogP contribution in [0, 0.1) is 13.8 Å². The minimum atomic E-state index is -1.18. The highest BCUT2D eigenvalue weighted by atomic mass is 32.2. The van der Waals surface area contributed by atoms with E-state index in [4.69, 9.17) is 4.42 Å². The van der Waals surface area contributed by atoms with E-state index in [1.54, 1.807) is 6.92 Å². The van der Waals surface area contributed by atoms with Gasteiger partial charge in [0.2, 0.25) is 0 Å². The Kier molecular flexibility index (Phi) is 4.20. The van der Waals surface area contributed by atoms with Crippen LogP contribution in [-0.4, -0.2) is 39.0 Å². The van der Waals surface area contributed by atoms with E-state index in [1.165, 1.54) is 23.1 Å². The van der Waals surface area contributed by atoms with Crippen molar-refractivity contribution >= 4 is 35.0 Å². The highest BCUT2D eigenvalue weighted by molar-refractivity contribution is 7.99. The quantitative estimate of drug-likeness (QED) is 0.879. The largest absolute Gasteiger partial charge is 0.479 e. The maximum atomic E-state index is 12.5. The van der Waals surface area contributed by atoms with Gasteiger partial charge in [-0.1, -0.05) is 0 Å². The number of carbonyl (C=O) groups is 2. The van der Waals surface area contributed by atoms with Gasteiger partial charge in [-0.05, 0) is 38.2 Å². The van der Waals surface area contributed by atoms with Crippen molar-refractivity contribution in [2.75, 3.05) is 11.5 Å². The second kappa shape index (κ2) is 6.01. The number of thioether (sulfide) groups is 1. The minimum absolute atomic E-state index is 0.385. The van der Waals surface area contributed by atoms with E-state index in [-0.39, 0.29) is 5.91 Å². The first kappa shape index (κ1) is 16.1. The van der Waals surface area contributed by atoms with Crippen LogP contribution in [0.2, 0.25) is 0 Å². The summed E-state index contributed by atoms with van der Waals surface area (Å²) in [5, 5.41) is 12.8. The molecule has 2 aromatic rings. The Morgan fingerprint density at radius 3 is 2.74 bits per heavy atom. The molecule has 122 valence electrons. The standard InChI is InChI=1S/C15H16N2O4S2/c1-8-3-4-10(21-8)13-16-9(2)11(23-13)12(18)17-15(14(19)20)5-6-22-7-15/h3-4H,5-7H2,1-2H3,(H,17,18)(H,19,20). The molecule has 0 bridgehead atoms. The lowest BCUT2D eigenvalue weighted by molar-refractivity contribution is -0.143. The van der Waals surface area contributed by atoms with Crippen LogP contribution in [0.3, 0.4) is 0 Å². The van der Waals surface area contributed by atoms with Crippen molar-refractivity contribution in [3.8, 4) is 10.8 Å². The summed E-state index contributed by atoms with van der Waals surface area (Å²) in [7, 11) is 0. The molecular formula is C15H16N2O4S2. The van der Waals surface area contributed by atoms with Gasteiger partial charge in [0, 0.05) is 5.75 Å². The highest BCUT2D eigenvalue weighted by Crippen LogP contribution is 2.32. The molecule has 2 aromatic heterocycles. The van der Waals surface area contributed by atoms with Gasteiger partial charge in [0.15, 0.2) is 10.8 Å². The monoisotopic (exact) mass is 352 g/mol. The van der Waals surface area contributed by atoms with Gasteiger partial charge < -0.3 is 14.8 Å². The molecule has 1 amide bonds. The molecule has 2 N–H and O–H groups in total. The Labute approximate surface area is 141 Å². The van der Waals surface area contributed by atoms with Crippen LogP contribution in [0.4, 0.5) is 0 Å². The van der Waals surface area contributed by atoms with Crippen LogP contribution in [0.1, 0.15) is 27.5 Å². The molecule has 23 heavy (non-hydrogen) atoms. The third-order valence-corrected chi connectivity index (χ3v) is 6.10. The number of carboxylic acid groups (broad SMARTS) is 1. The summed E-state index contributed by atoms with van der Waals surface area (Å²) in [6.45, 7) is 3.58. The van der Waals surface area contributed by atoms with Crippen LogP contribution >= 0.6 is 23.1 Å². The van der Waals surface area contributed by atoms with Crippen LogP contribution in [-0.2, 0) is 4.79 Å². The van der Waals surface area contributed by atoms with Gasteiger partial charge in [-0.2, -0.15) is 11.8 Å². The fourth-order valence-corrected chi connectivity index (χ4v) is 4.67. The number of hydrogen-bond donors (Lipinski definition) is 2. The van der Waals surface area contributed by atoms with Crippen molar-refractivity contribution in [2.45, 2.75) is 25.8 Å². The first-order valence-electron chi connectivity index (χ1n) is 7.09. The SMILES string of the molecule is Cc1ccc(-c2nc(C)c(C(=O)NC3(C(=O)O)CCSC3)s2)o1. The lowest BCUT2D eigenvalue weighted by Gasteiger charge is -2.24. The molecule has 1 atom stereocenters. The number of carbonyl (C=O) groups excluding carboxylic acids is 1. The fourth-order valence-electron chi connectivity index (χ4n) is 2.42. The number of furan rings is 1. The highest BCUT2D eigenvalue weighted by Gasteiger charge is 2.43. The van der Waals surface area contributed by atoms with Crippen LogP contribution in [0.15, 0.2) is 16.5 Å². The molecular weight excluding hydrogens is 336 g/mol. The van der Waals surface area contributed by atoms with Crippen LogP contribution < -0.4 is 5.32 Å². The number of amides is 1. The van der Waals surface area contributed by atoms with Gasteiger partial charge in [-0.15, -0.1) is 11.3 Å². The average molecular weight is 352 g/mol. The molecule has 1 fully saturated rings. The molecule has 3 rings (SSSR count). The first-order chi connectivity index (χ1) is 10.9. The lowest BCUT2D eigenvalue weighted by Crippen LogP contribution is -2.54. The third-order valence-electron chi connectivity index (χ3n) is 3.74. The molecule has 1 aliphatic heterocycles. The van der Waals surface area contributed by atoms with Crippen LogP contribution in [0.25, 0.3) is 10.8 Å². The normalized spacial score (nSPS) is 20.6. The summed E-state index contributed by atoms with van der Waals surface area (Å²) in [4.78, 5) is 28.9. The van der Waals surface area contributed by atoms with Crippen LogP contribution in [0.5, 0.6) is 0 Å². The third kappa shape index (κ3) is 3.00. The summed E-state index contributed by atoms with van der Waals surface area (Å²) < 4.78 is 5.53. The number of carboxylic acids is 1. The van der Waals surface area contributed by atoms with Gasteiger partial charge in [-0.25, -0.2) is 9.78 Å². The Balaban J connectivity index is 1.85. The Morgan fingerprint density at radius 1 is 1.39 bits per heavy atom. The van der Waals surface area contributed by atoms with Gasteiger partial charge in [-0.3, -0.25) is 4.79 Å². The first-order valence-corrected chi connectivity index (χ1v) is 9.06. The van der Waals surface area contributed by atoms with E-state index in [1.807, 2.05) is 19.1 Å².